The molecule has 1 aliphatic heterocycles. The summed E-state index contributed by atoms with van der Waals surface area (Å²) in [6.07, 6.45) is -0.239. The van der Waals surface area contributed by atoms with Crippen LogP contribution >= 0.6 is 23.2 Å². The molecule has 142 valence electrons. The lowest BCUT2D eigenvalue weighted by molar-refractivity contribution is -0.122. The van der Waals surface area contributed by atoms with Crippen LogP contribution in [0.25, 0.3) is 10.8 Å². The molecule has 1 N–H and O–H groups in total. The van der Waals surface area contributed by atoms with Crippen LogP contribution in [0.3, 0.4) is 0 Å². The Morgan fingerprint density at radius 3 is 2.57 bits per heavy atom. The van der Waals surface area contributed by atoms with Gasteiger partial charge in [0.25, 0.3) is 5.91 Å². The third-order valence-corrected chi connectivity index (χ3v) is 5.19. The molecular weight excluding hydrogens is 401 g/mol. The van der Waals surface area contributed by atoms with Crippen molar-refractivity contribution in [3.63, 3.8) is 0 Å². The predicted octanol–water partition coefficient (Wildman–Crippen LogP) is 5.03. The van der Waals surface area contributed by atoms with Gasteiger partial charge in [0, 0.05) is 29.1 Å². The van der Waals surface area contributed by atoms with Crippen LogP contribution in [-0.2, 0) is 4.79 Å². The summed E-state index contributed by atoms with van der Waals surface area (Å²) in [6, 6.07) is 15.4. The van der Waals surface area contributed by atoms with Crippen LogP contribution in [-0.4, -0.2) is 29.6 Å². The van der Waals surface area contributed by atoms with E-state index in [9.17, 15) is 14.7 Å². The largest absolute Gasteiger partial charge is 0.480 e. The van der Waals surface area contributed by atoms with E-state index in [-0.39, 0.29) is 17.2 Å². The monoisotopic (exact) mass is 415 g/mol. The maximum atomic E-state index is 12.8. The molecule has 3 aromatic carbocycles. The average Bonchev–Trinajstić information content (AvgIpc) is 3.02. The minimum absolute atomic E-state index is 0.0335. The number of ether oxygens (including phenoxy) is 1. The van der Waals surface area contributed by atoms with Crippen molar-refractivity contribution in [2.45, 2.75) is 12.5 Å². The lowest BCUT2D eigenvalue weighted by atomic mass is 10.1. The Morgan fingerprint density at radius 1 is 1.11 bits per heavy atom. The highest BCUT2D eigenvalue weighted by atomic mass is 35.5. The van der Waals surface area contributed by atoms with Crippen LogP contribution in [0.2, 0.25) is 10.0 Å². The molecule has 7 heteroatoms. The van der Waals surface area contributed by atoms with Crippen molar-refractivity contribution >= 4 is 51.5 Å². The maximum Gasteiger partial charge on any atom is 0.335 e. The number of carboxylic acids is 1. The van der Waals surface area contributed by atoms with E-state index >= 15 is 0 Å². The van der Waals surface area contributed by atoms with E-state index in [1.165, 1.54) is 12.1 Å². The zero-order valence-corrected chi connectivity index (χ0v) is 16.1. The number of amides is 1. The second-order valence-electron chi connectivity index (χ2n) is 6.49. The number of carbonyl (C=O) groups excluding carboxylic acids is 1. The van der Waals surface area contributed by atoms with Gasteiger partial charge >= 0.3 is 5.97 Å². The van der Waals surface area contributed by atoms with Crippen molar-refractivity contribution in [1.82, 2.24) is 0 Å². The van der Waals surface area contributed by atoms with E-state index < -0.39 is 12.1 Å². The first-order valence-corrected chi connectivity index (χ1v) is 9.39. The first-order chi connectivity index (χ1) is 13.4. The highest BCUT2D eigenvalue weighted by Crippen LogP contribution is 2.37. The van der Waals surface area contributed by atoms with Crippen LogP contribution in [0, 0.1) is 0 Å². The molecule has 4 rings (SSSR count). The van der Waals surface area contributed by atoms with Crippen molar-refractivity contribution in [2.24, 2.45) is 0 Å². The molecule has 1 atom stereocenters. The molecule has 0 saturated carbocycles. The summed E-state index contributed by atoms with van der Waals surface area (Å²) >= 11 is 12.4. The third-order valence-electron chi connectivity index (χ3n) is 4.67. The van der Waals surface area contributed by atoms with Gasteiger partial charge in [0.2, 0.25) is 0 Å². The molecule has 5 nitrogen and oxygen atoms in total. The van der Waals surface area contributed by atoms with Crippen molar-refractivity contribution in [1.29, 1.82) is 0 Å². The van der Waals surface area contributed by atoms with Crippen LogP contribution < -0.4 is 9.64 Å². The van der Waals surface area contributed by atoms with Gasteiger partial charge in [-0.1, -0.05) is 41.4 Å². The van der Waals surface area contributed by atoms with E-state index in [1.807, 2.05) is 30.3 Å². The second-order valence-corrected chi connectivity index (χ2v) is 7.33. The van der Waals surface area contributed by atoms with E-state index in [2.05, 4.69) is 0 Å². The number of carbonyl (C=O) groups is 2. The molecule has 3 aromatic rings. The second kappa shape index (κ2) is 7.34. The Balaban J connectivity index is 1.72. The smallest absolute Gasteiger partial charge is 0.335 e. The van der Waals surface area contributed by atoms with Crippen molar-refractivity contribution in [2.75, 3.05) is 11.4 Å². The molecule has 1 unspecified atom stereocenters. The Kier molecular flexibility index (Phi) is 4.87. The highest BCUT2D eigenvalue weighted by Gasteiger charge is 2.34. The van der Waals surface area contributed by atoms with Gasteiger partial charge in [-0.25, -0.2) is 4.79 Å². The van der Waals surface area contributed by atoms with Crippen molar-refractivity contribution < 1.29 is 19.4 Å². The van der Waals surface area contributed by atoms with Gasteiger partial charge < -0.3 is 14.7 Å². The molecule has 0 aliphatic carbocycles. The van der Waals surface area contributed by atoms with Crippen LogP contribution in [0.15, 0.2) is 54.6 Å². The molecular formula is C21H15Cl2NO4. The van der Waals surface area contributed by atoms with Gasteiger partial charge in [-0.3, -0.25) is 4.79 Å². The Labute approximate surface area is 171 Å². The molecule has 0 aromatic heterocycles. The number of halogens is 2. The number of benzene rings is 3. The highest BCUT2D eigenvalue weighted by molar-refractivity contribution is 6.39. The average molecular weight is 416 g/mol. The van der Waals surface area contributed by atoms with Crippen molar-refractivity contribution in [3.8, 4) is 5.75 Å². The fourth-order valence-electron chi connectivity index (χ4n) is 3.39. The number of para-hydroxylation sites is 1. The molecule has 1 heterocycles. The van der Waals surface area contributed by atoms with Gasteiger partial charge in [-0.15, -0.1) is 0 Å². The standard InChI is InChI=1S/C21H15Cl2NO4/c22-14-9-12-8-13(21(26)27)10-18(19(12)16(23)11-14)28-17-6-7-24(20(17)25)15-4-2-1-3-5-15/h1-5,8-11,17H,6-7H2,(H,26,27). The van der Waals surface area contributed by atoms with Gasteiger partial charge in [-0.2, -0.15) is 0 Å². The molecule has 0 radical (unpaired) electrons. The normalized spacial score (nSPS) is 16.6. The number of carboxylic acid groups (broad SMARTS) is 1. The molecule has 28 heavy (non-hydrogen) atoms. The summed E-state index contributed by atoms with van der Waals surface area (Å²) in [5.74, 6) is -1.03. The van der Waals surface area contributed by atoms with E-state index in [1.54, 1.807) is 17.0 Å². The Morgan fingerprint density at radius 2 is 1.86 bits per heavy atom. The van der Waals surface area contributed by atoms with Crippen molar-refractivity contribution in [3.05, 3.63) is 70.2 Å². The third kappa shape index (κ3) is 3.39. The Bertz CT molecular complexity index is 1080. The number of rotatable bonds is 4. The summed E-state index contributed by atoms with van der Waals surface area (Å²) in [5, 5.41) is 11.2. The minimum atomic E-state index is -1.11. The summed E-state index contributed by atoms with van der Waals surface area (Å²) in [5.41, 5.74) is 0.832. The predicted molar refractivity (Wildman–Crippen MR) is 109 cm³/mol. The van der Waals surface area contributed by atoms with Gasteiger partial charge in [-0.05, 0) is 41.8 Å². The van der Waals surface area contributed by atoms with E-state index in [4.69, 9.17) is 27.9 Å². The van der Waals surface area contributed by atoms with Crippen LogP contribution in [0.1, 0.15) is 16.8 Å². The number of hydrogen-bond acceptors (Lipinski definition) is 3. The topological polar surface area (TPSA) is 66.8 Å². The number of anilines is 1. The molecule has 1 saturated heterocycles. The zero-order valence-electron chi connectivity index (χ0n) is 14.6. The number of fused-ring (bicyclic) bond motifs is 1. The van der Waals surface area contributed by atoms with Gasteiger partial charge in [0.05, 0.1) is 10.6 Å². The summed E-state index contributed by atoms with van der Waals surface area (Å²) < 4.78 is 5.98. The summed E-state index contributed by atoms with van der Waals surface area (Å²) in [7, 11) is 0. The minimum Gasteiger partial charge on any atom is -0.480 e. The fraction of sp³-hybridized carbons (Fsp3) is 0.143. The lowest BCUT2D eigenvalue weighted by Gasteiger charge is -2.18. The van der Waals surface area contributed by atoms with Crippen LogP contribution in [0.5, 0.6) is 5.75 Å². The molecule has 0 spiro atoms. The molecule has 1 aliphatic rings. The number of aromatic carboxylic acids is 1. The van der Waals surface area contributed by atoms with Crippen LogP contribution in [0.4, 0.5) is 5.69 Å². The van der Waals surface area contributed by atoms with Gasteiger partial charge in [0.15, 0.2) is 6.10 Å². The molecule has 1 fully saturated rings. The lowest BCUT2D eigenvalue weighted by Crippen LogP contribution is -2.32. The Hall–Kier alpha value is -2.76. The molecule has 0 bridgehead atoms. The first kappa shape index (κ1) is 18.6. The summed E-state index contributed by atoms with van der Waals surface area (Å²) in [4.78, 5) is 26.0. The number of nitrogens with zero attached hydrogens (tertiary/aromatic N) is 1. The quantitative estimate of drug-likeness (QED) is 0.648. The van der Waals surface area contributed by atoms with E-state index in [0.29, 0.717) is 33.8 Å². The molecule has 1 amide bonds. The van der Waals surface area contributed by atoms with E-state index in [0.717, 1.165) is 5.69 Å². The number of hydrogen-bond donors (Lipinski definition) is 1. The first-order valence-electron chi connectivity index (χ1n) is 8.63. The SMILES string of the molecule is O=C(O)c1cc(OC2CCN(c3ccccc3)C2=O)c2c(Cl)cc(Cl)cc2c1. The maximum absolute atomic E-state index is 12.8. The summed E-state index contributed by atoms with van der Waals surface area (Å²) in [6.45, 7) is 0.517. The van der Waals surface area contributed by atoms with Gasteiger partial charge in [0.1, 0.15) is 5.75 Å². The zero-order chi connectivity index (χ0) is 19.8. The fourth-order valence-corrected chi connectivity index (χ4v) is 3.99.